The summed E-state index contributed by atoms with van der Waals surface area (Å²) in [5.41, 5.74) is 2.92. The van der Waals surface area contributed by atoms with Gasteiger partial charge in [0.2, 0.25) is 0 Å². The average Bonchev–Trinajstić information content (AvgIpc) is 2.79. The second-order valence-electron chi connectivity index (χ2n) is 7.13. The summed E-state index contributed by atoms with van der Waals surface area (Å²) in [5, 5.41) is 40.1. The fraction of sp³-hybridized carbons (Fsp3) is 0.200. The number of phenols is 3. The van der Waals surface area contributed by atoms with Crippen molar-refractivity contribution in [3.05, 3.63) is 60.2 Å². The molecule has 4 N–H and O–H groups in total. The molecule has 7 nitrogen and oxygen atoms in total. The van der Waals surface area contributed by atoms with Crippen molar-refractivity contribution in [1.29, 1.82) is 0 Å². The Hall–Kier alpha value is -3.84. The van der Waals surface area contributed by atoms with E-state index in [1.807, 2.05) is 0 Å². The quantitative estimate of drug-likeness (QED) is 0.384. The lowest BCUT2D eigenvalue weighted by Gasteiger charge is -2.18. The first-order valence-corrected chi connectivity index (χ1v) is 9.89. The summed E-state index contributed by atoms with van der Waals surface area (Å²) in [6.45, 7) is 1.91. The molecule has 3 aromatic rings. The molecule has 3 aromatic carbocycles. The van der Waals surface area contributed by atoms with Crippen LogP contribution in [-0.2, 0) is 0 Å². The number of aromatic hydroxyl groups is 3. The topological polar surface area (TPSA) is 109 Å². The van der Waals surface area contributed by atoms with Crippen LogP contribution in [-0.4, -0.2) is 47.9 Å². The second-order valence-corrected chi connectivity index (χ2v) is 7.13. The molecule has 0 unspecified atom stereocenters. The van der Waals surface area contributed by atoms with E-state index in [2.05, 4.69) is 0 Å². The van der Waals surface area contributed by atoms with Gasteiger partial charge in [-0.05, 0) is 60.0 Å². The molecule has 0 radical (unpaired) electrons. The van der Waals surface area contributed by atoms with Crippen LogP contribution in [0.15, 0.2) is 60.2 Å². The fourth-order valence-electron chi connectivity index (χ4n) is 3.26. The van der Waals surface area contributed by atoms with Gasteiger partial charge in [0.05, 0.1) is 26.4 Å². The largest absolute Gasteiger partial charge is 0.508 e. The van der Waals surface area contributed by atoms with E-state index in [0.29, 0.717) is 22.4 Å². The summed E-state index contributed by atoms with van der Waals surface area (Å²) >= 11 is 0. The zero-order valence-electron chi connectivity index (χ0n) is 18.1. The van der Waals surface area contributed by atoms with Crippen molar-refractivity contribution in [2.75, 3.05) is 27.4 Å². The maximum Gasteiger partial charge on any atom is 0.170 e. The minimum atomic E-state index is -0.149. The van der Waals surface area contributed by atoms with E-state index in [4.69, 9.17) is 19.3 Å². The molecule has 0 saturated carbocycles. The third kappa shape index (κ3) is 4.73. The first-order chi connectivity index (χ1) is 15.4. The summed E-state index contributed by atoms with van der Waals surface area (Å²) in [6, 6.07) is 13.0. The number of methoxy groups -OCH3 is 2. The van der Waals surface area contributed by atoms with Crippen LogP contribution in [0.5, 0.6) is 34.5 Å². The van der Waals surface area contributed by atoms with Crippen LogP contribution in [0.4, 0.5) is 0 Å². The van der Waals surface area contributed by atoms with Crippen molar-refractivity contribution in [3.63, 3.8) is 0 Å². The monoisotopic (exact) mass is 438 g/mol. The van der Waals surface area contributed by atoms with Crippen LogP contribution in [0, 0.1) is 0 Å². The molecule has 0 fully saturated rings. The summed E-state index contributed by atoms with van der Waals surface area (Å²) in [7, 11) is 2.93. The molecular weight excluding hydrogens is 412 g/mol. The van der Waals surface area contributed by atoms with Gasteiger partial charge in [0.25, 0.3) is 0 Å². The zero-order chi connectivity index (χ0) is 23.3. The van der Waals surface area contributed by atoms with Crippen molar-refractivity contribution in [1.82, 2.24) is 0 Å². The highest BCUT2D eigenvalue weighted by Crippen LogP contribution is 2.50. The van der Waals surface area contributed by atoms with Crippen LogP contribution in [0.3, 0.4) is 0 Å². The predicted octanol–water partition coefficient (Wildman–Crippen LogP) is 4.47. The summed E-state index contributed by atoms with van der Waals surface area (Å²) in [5.74, 6) is 0.740. The SMILES string of the molecule is COc1cc(-c2ccc(O)cc2)c(OC)c(O)c1-c1ccc(OC/C=C(\C)CO)c(O)c1. The number of hydrogen-bond acceptors (Lipinski definition) is 7. The second kappa shape index (κ2) is 9.98. The van der Waals surface area contributed by atoms with Gasteiger partial charge in [-0.15, -0.1) is 0 Å². The molecule has 32 heavy (non-hydrogen) atoms. The Kier molecular flexibility index (Phi) is 7.12. The van der Waals surface area contributed by atoms with Crippen molar-refractivity contribution in [2.45, 2.75) is 6.92 Å². The van der Waals surface area contributed by atoms with Gasteiger partial charge in [-0.25, -0.2) is 0 Å². The van der Waals surface area contributed by atoms with E-state index in [9.17, 15) is 15.3 Å². The number of aliphatic hydroxyl groups is 1. The van der Waals surface area contributed by atoms with Crippen molar-refractivity contribution < 1.29 is 34.6 Å². The van der Waals surface area contributed by atoms with Crippen LogP contribution < -0.4 is 14.2 Å². The Balaban J connectivity index is 2.04. The van der Waals surface area contributed by atoms with Crippen LogP contribution in [0.2, 0.25) is 0 Å². The van der Waals surface area contributed by atoms with Gasteiger partial charge in [-0.2, -0.15) is 0 Å². The average molecular weight is 438 g/mol. The van der Waals surface area contributed by atoms with E-state index in [0.717, 1.165) is 11.1 Å². The number of rotatable bonds is 8. The maximum atomic E-state index is 11.0. The minimum absolute atomic E-state index is 0.0602. The molecule has 3 rings (SSSR count). The normalized spacial score (nSPS) is 11.3. The van der Waals surface area contributed by atoms with Crippen molar-refractivity contribution in [2.24, 2.45) is 0 Å². The highest BCUT2D eigenvalue weighted by atomic mass is 16.5. The Morgan fingerprint density at radius 2 is 1.56 bits per heavy atom. The lowest BCUT2D eigenvalue weighted by Crippen LogP contribution is -1.98. The van der Waals surface area contributed by atoms with Crippen LogP contribution in [0.1, 0.15) is 6.92 Å². The number of benzene rings is 3. The molecule has 0 atom stereocenters. The smallest absolute Gasteiger partial charge is 0.170 e. The molecule has 0 heterocycles. The van der Waals surface area contributed by atoms with Crippen molar-refractivity contribution in [3.8, 4) is 56.8 Å². The third-order valence-electron chi connectivity index (χ3n) is 4.99. The van der Waals surface area contributed by atoms with Crippen LogP contribution >= 0.6 is 0 Å². The Bertz CT molecular complexity index is 1120. The lowest BCUT2D eigenvalue weighted by atomic mass is 9.96. The van der Waals surface area contributed by atoms with Gasteiger partial charge in [-0.3, -0.25) is 0 Å². The molecule has 7 heteroatoms. The Morgan fingerprint density at radius 3 is 2.16 bits per heavy atom. The van der Waals surface area contributed by atoms with Crippen LogP contribution in [0.25, 0.3) is 22.3 Å². The lowest BCUT2D eigenvalue weighted by molar-refractivity contribution is 0.320. The molecule has 0 aliphatic carbocycles. The first-order valence-electron chi connectivity index (χ1n) is 9.89. The molecule has 0 bridgehead atoms. The molecule has 0 aliphatic rings. The predicted molar refractivity (Wildman–Crippen MR) is 122 cm³/mol. The Morgan fingerprint density at radius 1 is 0.875 bits per heavy atom. The standard InChI is InChI=1S/C25H26O7/c1-15(14-26)10-11-32-21-9-6-17(12-20(21)28)23-22(30-2)13-19(25(31-3)24(23)29)16-4-7-18(27)8-5-16/h4-10,12-13,26-29H,11,14H2,1-3H3/b15-10+. The molecule has 0 aliphatic heterocycles. The van der Waals surface area contributed by atoms with E-state index < -0.39 is 0 Å². The van der Waals surface area contributed by atoms with E-state index in [1.54, 1.807) is 55.5 Å². The third-order valence-corrected chi connectivity index (χ3v) is 4.99. The molecule has 0 amide bonds. The number of aliphatic hydroxyl groups excluding tert-OH is 1. The molecule has 0 spiro atoms. The molecular formula is C25H26O7. The zero-order valence-corrected chi connectivity index (χ0v) is 18.1. The van der Waals surface area contributed by atoms with Gasteiger partial charge in [0.1, 0.15) is 18.1 Å². The summed E-state index contributed by atoms with van der Waals surface area (Å²) < 4.78 is 16.6. The highest BCUT2D eigenvalue weighted by molar-refractivity contribution is 5.88. The number of ether oxygens (including phenoxy) is 3. The summed E-state index contributed by atoms with van der Waals surface area (Å²) in [6.07, 6.45) is 1.72. The maximum absolute atomic E-state index is 11.0. The van der Waals surface area contributed by atoms with Gasteiger partial charge in [0.15, 0.2) is 23.0 Å². The van der Waals surface area contributed by atoms with Crippen molar-refractivity contribution >= 4 is 0 Å². The Labute approximate surface area is 186 Å². The van der Waals surface area contributed by atoms with Gasteiger partial charge in [0, 0.05) is 5.56 Å². The molecule has 168 valence electrons. The van der Waals surface area contributed by atoms with Gasteiger partial charge >= 0.3 is 0 Å². The number of hydrogen-bond donors (Lipinski definition) is 4. The van der Waals surface area contributed by atoms with Gasteiger partial charge < -0.3 is 34.6 Å². The van der Waals surface area contributed by atoms with Gasteiger partial charge in [-0.1, -0.05) is 18.2 Å². The highest BCUT2D eigenvalue weighted by Gasteiger charge is 2.22. The number of phenolic OH excluding ortho intramolecular Hbond substituents is 3. The first kappa shape index (κ1) is 22.8. The molecule has 0 aromatic heterocycles. The summed E-state index contributed by atoms with van der Waals surface area (Å²) in [4.78, 5) is 0. The molecule has 0 saturated heterocycles. The fourth-order valence-corrected chi connectivity index (χ4v) is 3.26. The van der Waals surface area contributed by atoms with E-state index >= 15 is 0 Å². The minimum Gasteiger partial charge on any atom is -0.508 e. The van der Waals surface area contributed by atoms with E-state index in [1.165, 1.54) is 20.3 Å². The van der Waals surface area contributed by atoms with E-state index in [-0.39, 0.29) is 42.0 Å².